The predicted octanol–water partition coefficient (Wildman–Crippen LogP) is 1.12. The summed E-state index contributed by atoms with van der Waals surface area (Å²) in [5.74, 6) is 0. The highest BCUT2D eigenvalue weighted by molar-refractivity contribution is 5.05. The fraction of sp³-hybridized carbons (Fsp3) is 0.778. The molecule has 1 rings (SSSR count). The van der Waals surface area contributed by atoms with Crippen molar-refractivity contribution in [3.05, 3.63) is 11.9 Å². The third-order valence-electron chi connectivity index (χ3n) is 2.20. The van der Waals surface area contributed by atoms with Crippen molar-refractivity contribution in [3.63, 3.8) is 0 Å². The van der Waals surface area contributed by atoms with Gasteiger partial charge in [0.1, 0.15) is 0 Å². The highest BCUT2D eigenvalue weighted by Gasteiger charge is 2.27. The van der Waals surface area contributed by atoms with Crippen LogP contribution >= 0.6 is 0 Å². The molecule has 0 aliphatic rings. The number of aryl methyl sites for hydroxylation is 1. The first-order valence-corrected chi connectivity index (χ1v) is 4.48. The molecule has 13 heavy (non-hydrogen) atoms. The average molecular weight is 182 g/mol. The van der Waals surface area contributed by atoms with Crippen molar-refractivity contribution < 1.29 is 0 Å². The van der Waals surface area contributed by atoms with Crippen molar-refractivity contribution in [2.45, 2.75) is 26.8 Å². The molecule has 0 fully saturated rings. The molecular formula is C9H18N4. The number of rotatable bonds is 2. The van der Waals surface area contributed by atoms with E-state index in [-0.39, 0.29) is 11.5 Å². The van der Waals surface area contributed by atoms with Crippen molar-refractivity contribution >= 4 is 0 Å². The molecule has 0 aliphatic heterocycles. The molecule has 4 heteroatoms. The number of hydrogen-bond acceptors (Lipinski definition) is 3. The van der Waals surface area contributed by atoms with E-state index in [0.717, 1.165) is 5.69 Å². The SMILES string of the molecule is CNC(c1cnnn1C)C(C)(C)C. The van der Waals surface area contributed by atoms with E-state index in [9.17, 15) is 0 Å². The van der Waals surface area contributed by atoms with E-state index in [1.165, 1.54) is 0 Å². The molecule has 0 radical (unpaired) electrons. The molecule has 0 bridgehead atoms. The fourth-order valence-electron chi connectivity index (χ4n) is 1.58. The topological polar surface area (TPSA) is 42.7 Å². The zero-order valence-electron chi connectivity index (χ0n) is 9.00. The number of nitrogens with one attached hydrogen (secondary N) is 1. The zero-order valence-corrected chi connectivity index (χ0v) is 9.00. The molecule has 1 atom stereocenters. The Morgan fingerprint density at radius 1 is 1.46 bits per heavy atom. The van der Waals surface area contributed by atoms with Gasteiger partial charge in [-0.2, -0.15) is 0 Å². The molecule has 1 N–H and O–H groups in total. The first-order valence-electron chi connectivity index (χ1n) is 4.48. The van der Waals surface area contributed by atoms with Crippen molar-refractivity contribution in [3.8, 4) is 0 Å². The highest BCUT2D eigenvalue weighted by Crippen LogP contribution is 2.31. The van der Waals surface area contributed by atoms with Crippen molar-refractivity contribution in [1.29, 1.82) is 0 Å². The minimum Gasteiger partial charge on any atom is -0.311 e. The third kappa shape index (κ3) is 2.06. The van der Waals surface area contributed by atoms with Crippen LogP contribution in [0.2, 0.25) is 0 Å². The first kappa shape index (κ1) is 10.2. The predicted molar refractivity (Wildman–Crippen MR) is 52.3 cm³/mol. The maximum Gasteiger partial charge on any atom is 0.0758 e. The minimum atomic E-state index is 0.171. The van der Waals surface area contributed by atoms with Gasteiger partial charge < -0.3 is 5.32 Å². The molecule has 74 valence electrons. The third-order valence-corrected chi connectivity index (χ3v) is 2.20. The molecule has 0 aromatic carbocycles. The second kappa shape index (κ2) is 3.46. The largest absolute Gasteiger partial charge is 0.311 e. The summed E-state index contributed by atoms with van der Waals surface area (Å²) in [5.41, 5.74) is 1.29. The Kier molecular flexibility index (Phi) is 2.71. The number of nitrogens with zero attached hydrogens (tertiary/aromatic N) is 3. The summed E-state index contributed by atoms with van der Waals surface area (Å²) in [6, 6.07) is 0.285. The maximum absolute atomic E-state index is 3.93. The molecule has 0 aliphatic carbocycles. The van der Waals surface area contributed by atoms with E-state index in [1.807, 2.05) is 25.0 Å². The van der Waals surface area contributed by atoms with Gasteiger partial charge in [-0.15, -0.1) is 5.10 Å². The molecule has 1 unspecified atom stereocenters. The van der Waals surface area contributed by atoms with Gasteiger partial charge in [0.15, 0.2) is 0 Å². The standard InChI is InChI=1S/C9H18N4/c1-9(2,3)8(10-4)7-6-11-12-13(7)5/h6,8,10H,1-5H3. The van der Waals surface area contributed by atoms with Crippen LogP contribution in [0.15, 0.2) is 6.20 Å². The summed E-state index contributed by atoms with van der Waals surface area (Å²) in [4.78, 5) is 0. The molecular weight excluding hydrogens is 164 g/mol. The van der Waals surface area contributed by atoms with E-state index < -0.39 is 0 Å². The summed E-state index contributed by atoms with van der Waals surface area (Å²) in [6.45, 7) is 6.59. The van der Waals surface area contributed by atoms with Gasteiger partial charge in [0.25, 0.3) is 0 Å². The van der Waals surface area contributed by atoms with Gasteiger partial charge in [-0.25, -0.2) is 0 Å². The number of hydrogen-bond donors (Lipinski definition) is 1. The lowest BCUT2D eigenvalue weighted by Gasteiger charge is -2.29. The van der Waals surface area contributed by atoms with Gasteiger partial charge in [0.05, 0.1) is 17.9 Å². The Hall–Kier alpha value is -0.900. The van der Waals surface area contributed by atoms with Crippen LogP contribution in [0.25, 0.3) is 0 Å². The maximum atomic E-state index is 3.93. The van der Waals surface area contributed by atoms with E-state index >= 15 is 0 Å². The molecule has 4 nitrogen and oxygen atoms in total. The Bertz CT molecular complexity index is 271. The van der Waals surface area contributed by atoms with Crippen LogP contribution in [-0.4, -0.2) is 22.0 Å². The molecule has 0 spiro atoms. The molecule has 1 heterocycles. The lowest BCUT2D eigenvalue weighted by molar-refractivity contribution is 0.274. The van der Waals surface area contributed by atoms with Gasteiger partial charge in [0.2, 0.25) is 0 Å². The number of aromatic nitrogens is 3. The minimum absolute atomic E-state index is 0.171. The first-order chi connectivity index (χ1) is 5.96. The van der Waals surface area contributed by atoms with Crippen molar-refractivity contribution in [1.82, 2.24) is 20.3 Å². The van der Waals surface area contributed by atoms with Crippen LogP contribution in [0.4, 0.5) is 0 Å². The lowest BCUT2D eigenvalue weighted by atomic mass is 9.85. The van der Waals surface area contributed by atoms with Gasteiger partial charge in [-0.1, -0.05) is 26.0 Å². The van der Waals surface area contributed by atoms with Gasteiger partial charge >= 0.3 is 0 Å². The summed E-state index contributed by atoms with van der Waals surface area (Å²) in [7, 11) is 3.88. The quantitative estimate of drug-likeness (QED) is 0.745. The Morgan fingerprint density at radius 2 is 2.08 bits per heavy atom. The van der Waals surface area contributed by atoms with Crippen LogP contribution in [0.5, 0.6) is 0 Å². The van der Waals surface area contributed by atoms with Crippen molar-refractivity contribution in [2.24, 2.45) is 12.5 Å². The normalized spacial score (nSPS) is 14.5. The van der Waals surface area contributed by atoms with E-state index in [2.05, 4.69) is 36.4 Å². The Labute approximate surface area is 79.3 Å². The Morgan fingerprint density at radius 3 is 2.38 bits per heavy atom. The highest BCUT2D eigenvalue weighted by atomic mass is 15.4. The van der Waals surface area contributed by atoms with Gasteiger partial charge in [-0.3, -0.25) is 4.68 Å². The Balaban J connectivity index is 2.98. The molecule has 0 amide bonds. The zero-order chi connectivity index (χ0) is 10.1. The summed E-state index contributed by atoms with van der Waals surface area (Å²) >= 11 is 0. The lowest BCUT2D eigenvalue weighted by Crippen LogP contribution is -2.31. The summed E-state index contributed by atoms with van der Waals surface area (Å²) in [6.07, 6.45) is 1.81. The smallest absolute Gasteiger partial charge is 0.0758 e. The summed E-state index contributed by atoms with van der Waals surface area (Å²) in [5, 5.41) is 11.1. The van der Waals surface area contributed by atoms with Crippen LogP contribution < -0.4 is 5.32 Å². The second-order valence-electron chi connectivity index (χ2n) is 4.37. The van der Waals surface area contributed by atoms with Crippen LogP contribution in [-0.2, 0) is 7.05 Å². The monoisotopic (exact) mass is 182 g/mol. The van der Waals surface area contributed by atoms with E-state index in [4.69, 9.17) is 0 Å². The van der Waals surface area contributed by atoms with E-state index in [1.54, 1.807) is 0 Å². The van der Waals surface area contributed by atoms with Gasteiger partial charge in [0, 0.05) is 7.05 Å². The second-order valence-corrected chi connectivity index (χ2v) is 4.37. The van der Waals surface area contributed by atoms with Gasteiger partial charge in [-0.05, 0) is 12.5 Å². The van der Waals surface area contributed by atoms with Crippen LogP contribution in [0.3, 0.4) is 0 Å². The molecule has 0 saturated carbocycles. The van der Waals surface area contributed by atoms with E-state index in [0.29, 0.717) is 0 Å². The average Bonchev–Trinajstić information content (AvgIpc) is 2.35. The van der Waals surface area contributed by atoms with Crippen molar-refractivity contribution in [2.75, 3.05) is 7.05 Å². The molecule has 1 aromatic heterocycles. The summed E-state index contributed by atoms with van der Waals surface area (Å²) < 4.78 is 1.81. The van der Waals surface area contributed by atoms with Crippen LogP contribution in [0.1, 0.15) is 32.5 Å². The molecule has 1 aromatic rings. The molecule has 0 saturated heterocycles. The van der Waals surface area contributed by atoms with Crippen LogP contribution in [0, 0.1) is 5.41 Å². The fourth-order valence-corrected chi connectivity index (χ4v) is 1.58.